The third-order valence-corrected chi connectivity index (χ3v) is 4.10. The Hall–Kier alpha value is -3.10. The van der Waals surface area contributed by atoms with Crippen LogP contribution in [-0.4, -0.2) is 41.2 Å². The standard InChI is InChI=1S/C16H18N4O5/c1-9-17-13(25-19-9)8-20-14(21)16(2,18-15(20)22)10-5-6-11(23-3)12(7-10)24-4/h5-7H,8H2,1-4H3,(H,18,22)/t16-/m1/s1. The van der Waals surface area contributed by atoms with Gasteiger partial charge in [-0.05, 0) is 31.5 Å². The summed E-state index contributed by atoms with van der Waals surface area (Å²) in [6, 6.07) is 4.53. The van der Waals surface area contributed by atoms with Crippen molar-refractivity contribution in [2.75, 3.05) is 14.2 Å². The molecular weight excluding hydrogens is 328 g/mol. The number of rotatable bonds is 5. The lowest BCUT2D eigenvalue weighted by Gasteiger charge is -2.23. The normalized spacial score (nSPS) is 19.9. The minimum absolute atomic E-state index is 0.0889. The van der Waals surface area contributed by atoms with Crippen LogP contribution < -0.4 is 14.8 Å². The van der Waals surface area contributed by atoms with Gasteiger partial charge in [-0.2, -0.15) is 4.98 Å². The van der Waals surface area contributed by atoms with Gasteiger partial charge in [-0.15, -0.1) is 0 Å². The van der Waals surface area contributed by atoms with E-state index in [2.05, 4.69) is 15.5 Å². The van der Waals surface area contributed by atoms with Gasteiger partial charge in [0.1, 0.15) is 12.1 Å². The summed E-state index contributed by atoms with van der Waals surface area (Å²) in [5.41, 5.74) is -0.654. The van der Waals surface area contributed by atoms with Gasteiger partial charge in [0.15, 0.2) is 17.3 Å². The Morgan fingerprint density at radius 2 is 1.96 bits per heavy atom. The fraction of sp³-hybridized carbons (Fsp3) is 0.375. The zero-order valence-electron chi connectivity index (χ0n) is 14.3. The second kappa shape index (κ2) is 6.08. The predicted molar refractivity (Wildman–Crippen MR) is 85.0 cm³/mol. The van der Waals surface area contributed by atoms with Crippen molar-refractivity contribution in [2.24, 2.45) is 0 Å². The maximum Gasteiger partial charge on any atom is 0.325 e. The number of carbonyl (C=O) groups excluding carboxylic acids is 2. The van der Waals surface area contributed by atoms with Gasteiger partial charge < -0.3 is 19.3 Å². The van der Waals surface area contributed by atoms with Gasteiger partial charge in [-0.1, -0.05) is 11.2 Å². The average molecular weight is 346 g/mol. The van der Waals surface area contributed by atoms with Crippen molar-refractivity contribution in [1.29, 1.82) is 0 Å². The number of imide groups is 1. The molecule has 3 rings (SSSR count). The fourth-order valence-electron chi connectivity index (χ4n) is 2.72. The summed E-state index contributed by atoms with van der Waals surface area (Å²) >= 11 is 0. The van der Waals surface area contributed by atoms with Crippen molar-refractivity contribution in [3.8, 4) is 11.5 Å². The summed E-state index contributed by atoms with van der Waals surface area (Å²) in [6.45, 7) is 3.20. The molecule has 0 unspecified atom stereocenters. The first-order valence-electron chi connectivity index (χ1n) is 7.55. The van der Waals surface area contributed by atoms with E-state index < -0.39 is 17.5 Å². The van der Waals surface area contributed by atoms with Crippen LogP contribution in [0.2, 0.25) is 0 Å². The van der Waals surface area contributed by atoms with E-state index in [9.17, 15) is 9.59 Å². The average Bonchev–Trinajstić information content (AvgIpc) is 3.11. The van der Waals surface area contributed by atoms with Crippen molar-refractivity contribution >= 4 is 11.9 Å². The molecule has 0 bridgehead atoms. The Labute approximate surface area is 143 Å². The quantitative estimate of drug-likeness (QED) is 0.815. The first-order chi connectivity index (χ1) is 11.9. The number of amides is 3. The molecule has 2 heterocycles. The lowest BCUT2D eigenvalue weighted by Crippen LogP contribution is -2.40. The molecule has 1 aliphatic rings. The van der Waals surface area contributed by atoms with Crippen LogP contribution in [0.4, 0.5) is 4.79 Å². The summed E-state index contributed by atoms with van der Waals surface area (Å²) in [6.07, 6.45) is 0. The Kier molecular flexibility index (Phi) is 4.07. The van der Waals surface area contributed by atoms with Crippen molar-refractivity contribution in [2.45, 2.75) is 25.9 Å². The van der Waals surface area contributed by atoms with Gasteiger partial charge in [-0.25, -0.2) is 4.79 Å². The Morgan fingerprint density at radius 3 is 2.56 bits per heavy atom. The molecule has 132 valence electrons. The van der Waals surface area contributed by atoms with E-state index in [1.807, 2.05) is 0 Å². The molecule has 1 saturated heterocycles. The van der Waals surface area contributed by atoms with Crippen molar-refractivity contribution < 1.29 is 23.6 Å². The first kappa shape index (κ1) is 16.7. The second-order valence-corrected chi connectivity index (χ2v) is 5.75. The third-order valence-electron chi connectivity index (χ3n) is 4.10. The van der Waals surface area contributed by atoms with Crippen LogP contribution in [-0.2, 0) is 16.9 Å². The van der Waals surface area contributed by atoms with E-state index >= 15 is 0 Å². The highest BCUT2D eigenvalue weighted by Gasteiger charge is 2.49. The Morgan fingerprint density at radius 1 is 1.24 bits per heavy atom. The third kappa shape index (κ3) is 2.77. The summed E-state index contributed by atoms with van der Waals surface area (Å²) < 4.78 is 15.5. The molecule has 1 fully saturated rings. The second-order valence-electron chi connectivity index (χ2n) is 5.75. The van der Waals surface area contributed by atoms with E-state index in [1.54, 1.807) is 32.0 Å². The molecule has 9 nitrogen and oxygen atoms in total. The number of nitrogens with zero attached hydrogens (tertiary/aromatic N) is 3. The van der Waals surface area contributed by atoms with Crippen LogP contribution in [0.5, 0.6) is 11.5 Å². The van der Waals surface area contributed by atoms with Crippen LogP contribution in [0.15, 0.2) is 22.7 Å². The molecule has 1 aromatic heterocycles. The van der Waals surface area contributed by atoms with E-state index in [0.717, 1.165) is 4.90 Å². The van der Waals surface area contributed by atoms with Gasteiger partial charge in [0.05, 0.1) is 14.2 Å². The zero-order valence-corrected chi connectivity index (χ0v) is 14.3. The van der Waals surface area contributed by atoms with E-state index in [4.69, 9.17) is 14.0 Å². The first-order valence-corrected chi connectivity index (χ1v) is 7.55. The fourth-order valence-corrected chi connectivity index (χ4v) is 2.72. The largest absolute Gasteiger partial charge is 0.493 e. The van der Waals surface area contributed by atoms with Gasteiger partial charge in [-0.3, -0.25) is 9.69 Å². The number of carbonyl (C=O) groups is 2. The number of aromatic nitrogens is 2. The number of urea groups is 1. The minimum Gasteiger partial charge on any atom is -0.493 e. The molecule has 1 aliphatic heterocycles. The van der Waals surface area contributed by atoms with Crippen LogP contribution in [0.25, 0.3) is 0 Å². The number of hydrogen-bond donors (Lipinski definition) is 1. The van der Waals surface area contributed by atoms with Crippen molar-refractivity contribution in [3.05, 3.63) is 35.5 Å². The topological polar surface area (TPSA) is 107 Å². The number of aryl methyl sites for hydroxylation is 1. The SMILES string of the molecule is COc1ccc([C@@]2(C)NC(=O)N(Cc3nc(C)no3)C2=O)cc1OC. The van der Waals surface area contributed by atoms with Crippen molar-refractivity contribution in [1.82, 2.24) is 20.4 Å². The van der Waals surface area contributed by atoms with E-state index in [-0.39, 0.29) is 12.4 Å². The molecule has 1 aromatic carbocycles. The molecule has 0 radical (unpaired) electrons. The molecule has 2 aromatic rings. The lowest BCUT2D eigenvalue weighted by atomic mass is 9.91. The number of ether oxygens (including phenoxy) is 2. The van der Waals surface area contributed by atoms with Crippen LogP contribution >= 0.6 is 0 Å². The van der Waals surface area contributed by atoms with E-state index in [1.165, 1.54) is 14.2 Å². The summed E-state index contributed by atoms with van der Waals surface area (Å²) in [5.74, 6) is 1.21. The van der Waals surface area contributed by atoms with E-state index in [0.29, 0.717) is 22.9 Å². The highest BCUT2D eigenvalue weighted by Crippen LogP contribution is 2.35. The Balaban J connectivity index is 1.91. The Bertz CT molecular complexity index is 834. The number of benzene rings is 1. The monoisotopic (exact) mass is 346 g/mol. The summed E-state index contributed by atoms with van der Waals surface area (Å²) in [4.78, 5) is 30.3. The number of hydrogen-bond acceptors (Lipinski definition) is 7. The molecule has 0 saturated carbocycles. The molecular formula is C16H18N4O5. The molecule has 1 atom stereocenters. The number of methoxy groups -OCH3 is 2. The summed E-state index contributed by atoms with van der Waals surface area (Å²) in [5, 5.41) is 6.37. The molecule has 25 heavy (non-hydrogen) atoms. The van der Waals surface area contributed by atoms with Gasteiger partial charge >= 0.3 is 6.03 Å². The van der Waals surface area contributed by atoms with Crippen molar-refractivity contribution in [3.63, 3.8) is 0 Å². The van der Waals surface area contributed by atoms with Crippen LogP contribution in [0, 0.1) is 6.92 Å². The molecule has 1 N–H and O–H groups in total. The minimum atomic E-state index is -1.23. The van der Waals surface area contributed by atoms with Crippen LogP contribution in [0.1, 0.15) is 24.2 Å². The predicted octanol–water partition coefficient (Wildman–Crippen LogP) is 1.36. The van der Waals surface area contributed by atoms with Gasteiger partial charge in [0.25, 0.3) is 5.91 Å². The lowest BCUT2D eigenvalue weighted by molar-refractivity contribution is -0.131. The highest BCUT2D eigenvalue weighted by molar-refractivity contribution is 6.07. The summed E-state index contributed by atoms with van der Waals surface area (Å²) in [7, 11) is 3.03. The molecule has 0 spiro atoms. The van der Waals surface area contributed by atoms with Gasteiger partial charge in [0, 0.05) is 0 Å². The number of nitrogens with one attached hydrogen (secondary N) is 1. The highest BCUT2D eigenvalue weighted by atomic mass is 16.5. The smallest absolute Gasteiger partial charge is 0.325 e. The molecule has 3 amide bonds. The molecule has 0 aliphatic carbocycles. The van der Waals surface area contributed by atoms with Gasteiger partial charge in [0.2, 0.25) is 5.89 Å². The van der Waals surface area contributed by atoms with Crippen LogP contribution in [0.3, 0.4) is 0 Å². The maximum absolute atomic E-state index is 12.9. The zero-order chi connectivity index (χ0) is 18.2. The molecule has 9 heteroatoms. The maximum atomic E-state index is 12.9.